The van der Waals surface area contributed by atoms with Crippen LogP contribution in [0, 0.1) is 0 Å². The summed E-state index contributed by atoms with van der Waals surface area (Å²) < 4.78 is 11.5. The number of carboxylic acid groups (broad SMARTS) is 1. The molecule has 8 nitrogen and oxygen atoms in total. The third kappa shape index (κ3) is 4.50. The van der Waals surface area contributed by atoms with Crippen LogP contribution in [0.3, 0.4) is 0 Å². The van der Waals surface area contributed by atoms with E-state index in [0.29, 0.717) is 53.0 Å². The van der Waals surface area contributed by atoms with Gasteiger partial charge in [0.05, 0.1) is 6.04 Å². The molecule has 0 saturated carbocycles. The van der Waals surface area contributed by atoms with Crippen LogP contribution in [-0.2, 0) is 9.59 Å². The van der Waals surface area contributed by atoms with Gasteiger partial charge in [-0.25, -0.2) is 0 Å². The van der Waals surface area contributed by atoms with E-state index < -0.39 is 17.9 Å². The molecule has 1 saturated heterocycles. The van der Waals surface area contributed by atoms with E-state index in [2.05, 4.69) is 0 Å². The van der Waals surface area contributed by atoms with Gasteiger partial charge in [-0.1, -0.05) is 36.4 Å². The summed E-state index contributed by atoms with van der Waals surface area (Å²) in [7, 11) is 0. The minimum Gasteiger partial charge on any atom is -0.486 e. The van der Waals surface area contributed by atoms with Crippen molar-refractivity contribution in [2.75, 3.05) is 31.2 Å². The number of hydrogen-bond acceptors (Lipinski definition) is 5. The fourth-order valence-corrected chi connectivity index (χ4v) is 6.10. The number of piperidine rings is 1. The number of carbonyl (C=O) groups excluding carboxylic acids is 2. The fraction of sp³-hybridized carbons (Fsp3) is 0.323. The van der Waals surface area contributed by atoms with E-state index in [1.54, 1.807) is 48.2 Å². The van der Waals surface area contributed by atoms with E-state index in [9.17, 15) is 19.5 Å². The molecule has 200 valence electrons. The first-order valence-corrected chi connectivity index (χ1v) is 13.3. The second kappa shape index (κ2) is 10.1. The minimum absolute atomic E-state index is 0.103. The summed E-state index contributed by atoms with van der Waals surface area (Å²) in [5.74, 6) is -0.651. The van der Waals surface area contributed by atoms with Gasteiger partial charge in [-0.2, -0.15) is 0 Å². The van der Waals surface area contributed by atoms with Crippen LogP contribution in [0.5, 0.6) is 11.5 Å². The molecule has 1 fully saturated rings. The summed E-state index contributed by atoms with van der Waals surface area (Å²) in [4.78, 5) is 42.0. The summed E-state index contributed by atoms with van der Waals surface area (Å²) in [6.45, 7) is 3.92. The zero-order valence-corrected chi connectivity index (χ0v) is 21.7. The lowest BCUT2D eigenvalue weighted by atomic mass is 9.79. The van der Waals surface area contributed by atoms with Crippen LogP contribution in [-0.4, -0.2) is 54.1 Å². The number of amides is 2. The third-order valence-corrected chi connectivity index (χ3v) is 8.10. The van der Waals surface area contributed by atoms with E-state index in [-0.39, 0.29) is 11.8 Å². The third-order valence-electron chi connectivity index (χ3n) is 8.10. The van der Waals surface area contributed by atoms with Crippen LogP contribution < -0.4 is 14.4 Å². The van der Waals surface area contributed by atoms with Crippen molar-refractivity contribution in [2.24, 2.45) is 0 Å². The van der Waals surface area contributed by atoms with Gasteiger partial charge in [-0.3, -0.25) is 19.3 Å². The molecule has 0 aromatic heterocycles. The van der Waals surface area contributed by atoms with Gasteiger partial charge in [-0.15, -0.1) is 0 Å². The predicted molar refractivity (Wildman–Crippen MR) is 144 cm³/mol. The van der Waals surface area contributed by atoms with Crippen molar-refractivity contribution in [3.8, 4) is 11.5 Å². The lowest BCUT2D eigenvalue weighted by Gasteiger charge is -2.41. The molecule has 3 heterocycles. The number of hydrogen-bond donors (Lipinski definition) is 1. The van der Waals surface area contributed by atoms with Crippen molar-refractivity contribution >= 4 is 23.5 Å². The minimum atomic E-state index is -1.01. The molecule has 3 aromatic carbocycles. The summed E-state index contributed by atoms with van der Waals surface area (Å²) in [5.41, 5.74) is 3.33. The molecule has 2 amide bonds. The molecule has 0 radical (unpaired) electrons. The molecule has 1 N–H and O–H groups in total. The summed E-state index contributed by atoms with van der Waals surface area (Å²) in [6, 6.07) is 19.4. The van der Waals surface area contributed by atoms with Gasteiger partial charge < -0.3 is 19.5 Å². The standard InChI is InChI=1S/C31H30N2O6/c1-19(34)32-14-12-21(13-15-32)20-6-9-23(10-7-20)33-29(22-8-11-26-27(18-22)39-17-16-38-26)28(31(36)37)24-4-2-3-5-25(24)30(33)35/h2-11,18,21,28-29H,12-17H2,1H3,(H,36,37)/t28-,29+/m0/s1. The van der Waals surface area contributed by atoms with E-state index in [0.717, 1.165) is 31.5 Å². The molecule has 3 aromatic rings. The molecule has 2 atom stereocenters. The molecule has 0 bridgehead atoms. The van der Waals surface area contributed by atoms with Gasteiger partial charge in [0.2, 0.25) is 5.91 Å². The maximum absolute atomic E-state index is 14.0. The van der Waals surface area contributed by atoms with E-state index >= 15 is 0 Å². The number of carboxylic acids is 1. The lowest BCUT2D eigenvalue weighted by molar-refractivity contribution is -0.139. The van der Waals surface area contributed by atoms with Gasteiger partial charge in [0.15, 0.2) is 11.5 Å². The van der Waals surface area contributed by atoms with Crippen LogP contribution in [0.4, 0.5) is 5.69 Å². The molecular weight excluding hydrogens is 496 g/mol. The van der Waals surface area contributed by atoms with Crippen molar-refractivity contribution < 1.29 is 29.0 Å². The van der Waals surface area contributed by atoms with Gasteiger partial charge in [0, 0.05) is 31.3 Å². The molecule has 6 rings (SSSR count). The van der Waals surface area contributed by atoms with Crippen LogP contribution >= 0.6 is 0 Å². The van der Waals surface area contributed by atoms with Gasteiger partial charge in [-0.05, 0) is 65.8 Å². The average molecular weight is 527 g/mol. The second-order valence-corrected chi connectivity index (χ2v) is 10.3. The second-order valence-electron chi connectivity index (χ2n) is 10.3. The van der Waals surface area contributed by atoms with Gasteiger partial charge in [0.25, 0.3) is 5.91 Å². The van der Waals surface area contributed by atoms with Gasteiger partial charge in [0.1, 0.15) is 19.1 Å². The largest absolute Gasteiger partial charge is 0.486 e. The van der Waals surface area contributed by atoms with Crippen LogP contribution in [0.2, 0.25) is 0 Å². The monoisotopic (exact) mass is 526 g/mol. The van der Waals surface area contributed by atoms with Crippen LogP contribution in [0.25, 0.3) is 0 Å². The number of rotatable bonds is 4. The van der Waals surface area contributed by atoms with Crippen molar-refractivity contribution in [1.29, 1.82) is 0 Å². The van der Waals surface area contributed by atoms with Gasteiger partial charge >= 0.3 is 5.97 Å². The number of carbonyl (C=O) groups is 3. The molecule has 0 aliphatic carbocycles. The highest BCUT2D eigenvalue weighted by atomic mass is 16.6. The number of likely N-dealkylation sites (tertiary alicyclic amines) is 1. The normalized spacial score (nSPS) is 20.9. The smallest absolute Gasteiger partial charge is 0.313 e. The summed E-state index contributed by atoms with van der Waals surface area (Å²) in [6.07, 6.45) is 1.77. The molecule has 0 spiro atoms. The quantitative estimate of drug-likeness (QED) is 0.527. The lowest BCUT2D eigenvalue weighted by Crippen LogP contribution is -2.45. The maximum atomic E-state index is 14.0. The summed E-state index contributed by atoms with van der Waals surface area (Å²) >= 11 is 0. The van der Waals surface area contributed by atoms with Crippen molar-refractivity contribution in [3.63, 3.8) is 0 Å². The number of aliphatic carboxylic acids is 1. The fourth-order valence-electron chi connectivity index (χ4n) is 6.10. The Bertz CT molecular complexity index is 1430. The van der Waals surface area contributed by atoms with E-state index in [1.807, 2.05) is 35.2 Å². The first-order chi connectivity index (χ1) is 18.9. The topological polar surface area (TPSA) is 96.4 Å². The molecule has 3 aliphatic heterocycles. The predicted octanol–water partition coefficient (Wildman–Crippen LogP) is 4.75. The Labute approximate surface area is 226 Å². The van der Waals surface area contributed by atoms with Crippen molar-refractivity contribution in [3.05, 3.63) is 89.0 Å². The van der Waals surface area contributed by atoms with Crippen LogP contribution in [0.15, 0.2) is 66.7 Å². The number of benzene rings is 3. The first kappa shape index (κ1) is 25.0. The average Bonchev–Trinajstić information content (AvgIpc) is 2.97. The molecule has 0 unspecified atom stereocenters. The number of ether oxygens (including phenoxy) is 2. The Kier molecular flexibility index (Phi) is 6.46. The SMILES string of the molecule is CC(=O)N1CCC(c2ccc(N3C(=O)c4ccccc4[C@H](C(=O)O)[C@H]3c3ccc4c(c3)OCCO4)cc2)CC1. The Morgan fingerprint density at radius 3 is 2.23 bits per heavy atom. The summed E-state index contributed by atoms with van der Waals surface area (Å²) in [5, 5.41) is 10.5. The Morgan fingerprint density at radius 2 is 1.54 bits per heavy atom. The molecule has 39 heavy (non-hydrogen) atoms. The molecule has 3 aliphatic rings. The molecular formula is C31H30N2O6. The van der Waals surface area contributed by atoms with Crippen molar-refractivity contribution in [2.45, 2.75) is 37.6 Å². The Balaban J connectivity index is 1.40. The van der Waals surface area contributed by atoms with Crippen LogP contribution in [0.1, 0.15) is 64.7 Å². The highest BCUT2D eigenvalue weighted by molar-refractivity contribution is 6.11. The Morgan fingerprint density at radius 1 is 0.872 bits per heavy atom. The highest BCUT2D eigenvalue weighted by Gasteiger charge is 2.45. The van der Waals surface area contributed by atoms with Crippen molar-refractivity contribution in [1.82, 2.24) is 4.90 Å². The number of fused-ring (bicyclic) bond motifs is 2. The van der Waals surface area contributed by atoms with E-state index in [1.165, 1.54) is 0 Å². The first-order valence-electron chi connectivity index (χ1n) is 13.3. The molecule has 8 heteroatoms. The zero-order chi connectivity index (χ0) is 27.1. The number of anilines is 1. The zero-order valence-electron chi connectivity index (χ0n) is 21.7. The van der Waals surface area contributed by atoms with E-state index in [4.69, 9.17) is 9.47 Å². The number of nitrogens with zero attached hydrogens (tertiary/aromatic N) is 2. The highest BCUT2D eigenvalue weighted by Crippen LogP contribution is 2.47. The maximum Gasteiger partial charge on any atom is 0.313 e. The Hall–Kier alpha value is -4.33.